The van der Waals surface area contributed by atoms with Crippen LogP contribution in [0, 0.1) is 25.6 Å². The molecule has 0 saturated carbocycles. The molecule has 15 heteroatoms. The molecule has 2 aliphatic rings. The molecular weight excluding hydrogens is 558 g/mol. The highest BCUT2D eigenvalue weighted by Crippen LogP contribution is 2.33. The Bertz CT molecular complexity index is 1320. The van der Waals surface area contributed by atoms with Crippen molar-refractivity contribution in [1.82, 2.24) is 15.1 Å². The monoisotopic (exact) mass is 587 g/mol. The number of carbonyl (C=O) groups excluding carboxylic acids is 3. The van der Waals surface area contributed by atoms with Gasteiger partial charge in [-0.3, -0.25) is 29.9 Å². The first-order valence-corrected chi connectivity index (χ1v) is 13.2. The second-order valence-corrected chi connectivity index (χ2v) is 11.1. The number of nitro groups is 2. The fourth-order valence-electron chi connectivity index (χ4n) is 4.74. The van der Waals surface area contributed by atoms with Crippen LogP contribution in [-0.4, -0.2) is 75.2 Å². The summed E-state index contributed by atoms with van der Waals surface area (Å²) in [6.07, 6.45) is -0.946. The van der Waals surface area contributed by atoms with Crippen LogP contribution >= 0.6 is 12.6 Å². The molecule has 0 aliphatic carbocycles. The Morgan fingerprint density at radius 2 is 1.46 bits per heavy atom. The molecule has 0 unspecified atom stereocenters. The fraction of sp³-hybridized carbons (Fsp3) is 0.423. The Balaban J connectivity index is 1.22. The lowest BCUT2D eigenvalue weighted by Crippen LogP contribution is -2.64. The molecule has 3 amide bonds. The molecule has 41 heavy (non-hydrogen) atoms. The minimum atomic E-state index is -0.731. The van der Waals surface area contributed by atoms with Crippen molar-refractivity contribution in [3.8, 4) is 0 Å². The maximum atomic E-state index is 13.2. The van der Waals surface area contributed by atoms with Crippen LogP contribution in [0.4, 0.5) is 21.0 Å². The predicted molar refractivity (Wildman–Crippen MR) is 147 cm³/mol. The van der Waals surface area contributed by atoms with Gasteiger partial charge in [-0.05, 0) is 41.8 Å². The Hall–Kier alpha value is -4.40. The number of likely N-dealkylation sites (tertiary alicyclic amines) is 2. The molecular formula is C26H29N5O9S. The first kappa shape index (κ1) is 29.6. The van der Waals surface area contributed by atoms with Crippen LogP contribution in [0.3, 0.4) is 0 Å². The molecule has 2 heterocycles. The number of ether oxygens (including phenoxy) is 2. The minimum Gasteiger partial charge on any atom is -0.445 e. The molecule has 2 aliphatic heterocycles. The Morgan fingerprint density at radius 3 is 1.98 bits per heavy atom. The zero-order chi connectivity index (χ0) is 29.7. The largest absolute Gasteiger partial charge is 0.445 e. The van der Waals surface area contributed by atoms with Crippen molar-refractivity contribution >= 4 is 42.1 Å². The van der Waals surface area contributed by atoms with E-state index < -0.39 is 28.1 Å². The summed E-state index contributed by atoms with van der Waals surface area (Å²) in [4.78, 5) is 61.7. The predicted octanol–water partition coefficient (Wildman–Crippen LogP) is 3.29. The van der Waals surface area contributed by atoms with Gasteiger partial charge < -0.3 is 19.7 Å². The van der Waals surface area contributed by atoms with E-state index in [1.807, 2.05) is 6.92 Å². The van der Waals surface area contributed by atoms with E-state index in [9.17, 15) is 34.6 Å². The van der Waals surface area contributed by atoms with Gasteiger partial charge in [-0.2, -0.15) is 12.6 Å². The normalized spacial score (nSPS) is 19.2. The molecule has 2 fully saturated rings. The average molecular weight is 588 g/mol. The van der Waals surface area contributed by atoms with E-state index in [-0.39, 0.29) is 54.3 Å². The number of hydrogen-bond acceptors (Lipinski definition) is 10. The summed E-state index contributed by atoms with van der Waals surface area (Å²) < 4.78 is 10.5. The summed E-state index contributed by atoms with van der Waals surface area (Å²) in [6, 6.07) is 10.6. The van der Waals surface area contributed by atoms with Crippen molar-refractivity contribution in [1.29, 1.82) is 0 Å². The van der Waals surface area contributed by atoms with Crippen molar-refractivity contribution in [3.63, 3.8) is 0 Å². The zero-order valence-electron chi connectivity index (χ0n) is 22.1. The molecule has 0 bridgehead atoms. The van der Waals surface area contributed by atoms with Crippen LogP contribution in [0.15, 0.2) is 48.5 Å². The van der Waals surface area contributed by atoms with Gasteiger partial charge in [0.05, 0.1) is 9.85 Å². The van der Waals surface area contributed by atoms with Gasteiger partial charge in [-0.15, -0.1) is 0 Å². The van der Waals surface area contributed by atoms with Crippen LogP contribution < -0.4 is 5.32 Å². The molecule has 2 atom stereocenters. The zero-order valence-corrected chi connectivity index (χ0v) is 23.0. The molecule has 2 aromatic rings. The van der Waals surface area contributed by atoms with Gasteiger partial charge in [-0.1, -0.05) is 6.92 Å². The smallest absolute Gasteiger partial charge is 0.410 e. The quantitative estimate of drug-likeness (QED) is 0.253. The van der Waals surface area contributed by atoms with Gasteiger partial charge >= 0.3 is 12.2 Å². The first-order valence-electron chi connectivity index (χ1n) is 12.7. The number of nitro benzene ring substituents is 2. The average Bonchev–Trinajstić information content (AvgIpc) is 3.33. The van der Waals surface area contributed by atoms with Gasteiger partial charge in [0.1, 0.15) is 19.3 Å². The van der Waals surface area contributed by atoms with E-state index in [0.717, 1.165) is 0 Å². The summed E-state index contributed by atoms with van der Waals surface area (Å²) in [6.45, 7) is 3.01. The van der Waals surface area contributed by atoms with E-state index in [1.165, 1.54) is 53.4 Å². The van der Waals surface area contributed by atoms with Crippen LogP contribution in [-0.2, 0) is 27.5 Å². The lowest BCUT2D eigenvalue weighted by molar-refractivity contribution is -0.385. The molecule has 0 spiro atoms. The highest BCUT2D eigenvalue weighted by atomic mass is 32.1. The summed E-state index contributed by atoms with van der Waals surface area (Å²) in [5.74, 6) is -0.230. The van der Waals surface area contributed by atoms with Gasteiger partial charge in [0.15, 0.2) is 0 Å². The summed E-state index contributed by atoms with van der Waals surface area (Å²) in [7, 11) is 0. The van der Waals surface area contributed by atoms with Gasteiger partial charge in [0.2, 0.25) is 5.91 Å². The van der Waals surface area contributed by atoms with Crippen molar-refractivity contribution < 1.29 is 33.7 Å². The highest BCUT2D eigenvalue weighted by molar-refractivity contribution is 7.81. The second kappa shape index (κ2) is 12.4. The third-order valence-corrected chi connectivity index (χ3v) is 7.32. The highest BCUT2D eigenvalue weighted by Gasteiger charge is 2.47. The number of non-ortho nitro benzene ring substituents is 2. The van der Waals surface area contributed by atoms with Gasteiger partial charge in [0, 0.05) is 61.1 Å². The molecule has 2 saturated heterocycles. The summed E-state index contributed by atoms with van der Waals surface area (Å²) in [5.41, 5.74) is 0.666. The number of benzene rings is 2. The number of alkyl carbamates (subject to hydrolysis) is 1. The number of rotatable bonds is 9. The van der Waals surface area contributed by atoms with Crippen molar-refractivity contribution in [3.05, 3.63) is 79.9 Å². The van der Waals surface area contributed by atoms with Crippen molar-refractivity contribution in [2.75, 3.05) is 26.2 Å². The number of thiol groups is 1. The second-order valence-electron chi connectivity index (χ2n) is 10.4. The SMILES string of the molecule is CC1(CNC(=O)OCc2ccc([N+](=O)[O-])cc2)CN(C(=O)[C@@H]2C[C@H](S)CN2C(=O)OCc2ccc([N+](=O)[O-])cc2)C1. The number of nitrogens with zero attached hydrogens (tertiary/aromatic N) is 4. The van der Waals surface area contributed by atoms with Crippen LogP contribution in [0.25, 0.3) is 0 Å². The molecule has 1 N–H and O–H groups in total. The molecule has 4 rings (SSSR count). The Labute approximate surface area is 240 Å². The Morgan fingerprint density at radius 1 is 0.951 bits per heavy atom. The first-order chi connectivity index (χ1) is 19.4. The molecule has 218 valence electrons. The van der Waals surface area contributed by atoms with E-state index in [1.54, 1.807) is 4.90 Å². The van der Waals surface area contributed by atoms with E-state index in [4.69, 9.17) is 9.47 Å². The lowest BCUT2D eigenvalue weighted by atomic mass is 9.81. The lowest BCUT2D eigenvalue weighted by Gasteiger charge is -2.49. The fourth-order valence-corrected chi connectivity index (χ4v) is 5.12. The van der Waals surface area contributed by atoms with Crippen molar-refractivity contribution in [2.45, 2.75) is 37.9 Å². The van der Waals surface area contributed by atoms with Crippen molar-refractivity contribution in [2.24, 2.45) is 5.41 Å². The number of hydrogen-bond donors (Lipinski definition) is 2. The number of amides is 3. The third-order valence-electron chi connectivity index (χ3n) is 6.94. The van der Waals surface area contributed by atoms with Crippen LogP contribution in [0.1, 0.15) is 24.5 Å². The maximum absolute atomic E-state index is 13.2. The van der Waals surface area contributed by atoms with Crippen LogP contribution in [0.5, 0.6) is 0 Å². The Kier molecular flexibility index (Phi) is 8.95. The standard InChI is InChI=1S/C26H29N5O9S/c1-26(14-27-24(33)39-12-17-2-6-19(7-3-17)30(35)36)15-28(16-26)23(32)22-10-21(41)11-29(22)25(34)40-13-18-4-8-20(9-5-18)31(37)38/h2-9,21-22,41H,10-16H2,1H3,(H,27,33)/t21-,22-/m0/s1. The topological polar surface area (TPSA) is 174 Å². The molecule has 0 aromatic heterocycles. The van der Waals surface area contributed by atoms with E-state index >= 15 is 0 Å². The van der Waals surface area contributed by atoms with E-state index in [0.29, 0.717) is 30.6 Å². The number of carbonyl (C=O) groups is 3. The number of nitrogens with one attached hydrogen (secondary N) is 1. The van der Waals surface area contributed by atoms with E-state index in [2.05, 4.69) is 17.9 Å². The molecule has 2 aromatic carbocycles. The molecule has 0 radical (unpaired) electrons. The van der Waals surface area contributed by atoms with Crippen LogP contribution in [0.2, 0.25) is 0 Å². The van der Waals surface area contributed by atoms with Gasteiger partial charge in [0.25, 0.3) is 11.4 Å². The van der Waals surface area contributed by atoms with Gasteiger partial charge in [-0.25, -0.2) is 9.59 Å². The third kappa shape index (κ3) is 7.42. The summed E-state index contributed by atoms with van der Waals surface area (Å²) in [5, 5.41) is 24.0. The summed E-state index contributed by atoms with van der Waals surface area (Å²) >= 11 is 4.46. The minimum absolute atomic E-state index is 0.0478. The maximum Gasteiger partial charge on any atom is 0.410 e. The molecule has 14 nitrogen and oxygen atoms in total.